The van der Waals surface area contributed by atoms with Gasteiger partial charge < -0.3 is 9.47 Å². The first-order valence-electron chi connectivity index (χ1n) is 9.40. The molecule has 0 saturated heterocycles. The number of nitrogens with zero attached hydrogens (tertiary/aromatic N) is 2. The monoisotopic (exact) mass is 389 g/mol. The van der Waals surface area contributed by atoms with E-state index in [9.17, 15) is 4.79 Å². The van der Waals surface area contributed by atoms with E-state index >= 15 is 0 Å². The first kappa shape index (κ1) is 18.8. The summed E-state index contributed by atoms with van der Waals surface area (Å²) in [5.74, 6) is 1.28. The number of fused-ring (bicyclic) bond motifs is 1. The summed E-state index contributed by atoms with van der Waals surface area (Å²) in [5.41, 5.74) is 5.67. The summed E-state index contributed by atoms with van der Waals surface area (Å²) in [6.07, 6.45) is 0.547. The van der Waals surface area contributed by atoms with Crippen LogP contribution in [0.5, 0.6) is 11.5 Å². The second kappa shape index (κ2) is 7.47. The molecule has 0 aliphatic rings. The molecule has 0 fully saturated rings. The molecule has 6 nitrogen and oxygen atoms in total. The van der Waals surface area contributed by atoms with Crippen LogP contribution in [0.1, 0.15) is 22.5 Å². The third kappa shape index (κ3) is 3.27. The summed E-state index contributed by atoms with van der Waals surface area (Å²) in [7, 11) is 3.21. The predicted molar refractivity (Wildman–Crippen MR) is 113 cm³/mol. The van der Waals surface area contributed by atoms with Crippen molar-refractivity contribution in [2.75, 3.05) is 14.2 Å². The largest absolute Gasteiger partial charge is 0.493 e. The van der Waals surface area contributed by atoms with E-state index in [-0.39, 0.29) is 5.56 Å². The summed E-state index contributed by atoms with van der Waals surface area (Å²) >= 11 is 0. The molecule has 0 atom stereocenters. The number of aromatic nitrogens is 3. The van der Waals surface area contributed by atoms with Gasteiger partial charge in [-0.05, 0) is 37.1 Å². The third-order valence-corrected chi connectivity index (χ3v) is 5.16. The van der Waals surface area contributed by atoms with E-state index in [1.165, 1.54) is 4.52 Å². The zero-order chi connectivity index (χ0) is 20.5. The molecule has 0 unspecified atom stereocenters. The first-order valence-corrected chi connectivity index (χ1v) is 9.40. The molecule has 2 aromatic carbocycles. The van der Waals surface area contributed by atoms with Gasteiger partial charge in [0.1, 0.15) is 0 Å². The molecule has 0 radical (unpaired) electrons. The molecule has 0 saturated carbocycles. The fourth-order valence-corrected chi connectivity index (χ4v) is 3.67. The smallest absolute Gasteiger partial charge is 0.276 e. The average Bonchev–Trinajstić information content (AvgIpc) is 3.07. The lowest BCUT2D eigenvalue weighted by Crippen LogP contribution is -2.22. The van der Waals surface area contributed by atoms with Crippen molar-refractivity contribution < 1.29 is 9.47 Å². The molecule has 0 amide bonds. The minimum absolute atomic E-state index is 0.0776. The summed E-state index contributed by atoms with van der Waals surface area (Å²) in [4.78, 5) is 18.0. The predicted octanol–water partition coefficient (Wildman–Crippen LogP) is 3.91. The molecule has 2 heterocycles. The molecule has 4 rings (SSSR count). The van der Waals surface area contributed by atoms with Crippen LogP contribution in [0, 0.1) is 13.8 Å². The Bertz CT molecular complexity index is 1240. The Morgan fingerprint density at radius 1 is 1.00 bits per heavy atom. The van der Waals surface area contributed by atoms with Crippen LogP contribution >= 0.6 is 0 Å². The number of hydrogen-bond donors (Lipinski definition) is 1. The summed E-state index contributed by atoms with van der Waals surface area (Å²) in [5, 5.41) is 3.18. The highest BCUT2D eigenvalue weighted by Gasteiger charge is 2.19. The topological polar surface area (TPSA) is 68.6 Å². The lowest BCUT2D eigenvalue weighted by molar-refractivity contribution is 0.355. The number of methoxy groups -OCH3 is 2. The Hall–Kier alpha value is -3.54. The highest BCUT2D eigenvalue weighted by molar-refractivity contribution is 5.81. The van der Waals surface area contributed by atoms with Crippen LogP contribution in [0.15, 0.2) is 53.3 Å². The number of benzene rings is 2. The normalized spacial score (nSPS) is 11.0. The summed E-state index contributed by atoms with van der Waals surface area (Å²) < 4.78 is 12.3. The van der Waals surface area contributed by atoms with Gasteiger partial charge in [-0.25, -0.2) is 9.50 Å². The van der Waals surface area contributed by atoms with Crippen molar-refractivity contribution in [1.82, 2.24) is 14.6 Å². The molecule has 0 aliphatic heterocycles. The molecule has 1 N–H and O–H groups in total. The van der Waals surface area contributed by atoms with E-state index in [1.807, 2.05) is 62.4 Å². The van der Waals surface area contributed by atoms with Crippen LogP contribution in [0.2, 0.25) is 0 Å². The molecule has 148 valence electrons. The summed E-state index contributed by atoms with van der Waals surface area (Å²) in [6, 6.07) is 15.6. The number of aryl methyl sites for hydroxylation is 2. The van der Waals surface area contributed by atoms with Crippen molar-refractivity contribution in [2.45, 2.75) is 20.3 Å². The quantitative estimate of drug-likeness (QED) is 0.562. The minimum Gasteiger partial charge on any atom is -0.493 e. The fraction of sp³-hybridized carbons (Fsp3) is 0.217. The van der Waals surface area contributed by atoms with Gasteiger partial charge in [-0.3, -0.25) is 9.89 Å². The van der Waals surface area contributed by atoms with Crippen molar-refractivity contribution in [3.05, 3.63) is 81.4 Å². The zero-order valence-corrected chi connectivity index (χ0v) is 16.9. The molecule has 2 aromatic heterocycles. The van der Waals surface area contributed by atoms with Crippen molar-refractivity contribution in [2.24, 2.45) is 0 Å². The number of ether oxygens (including phenoxy) is 2. The van der Waals surface area contributed by atoms with E-state index in [0.717, 1.165) is 28.1 Å². The van der Waals surface area contributed by atoms with Gasteiger partial charge in [0.25, 0.3) is 5.56 Å². The number of H-pyrrole nitrogens is 1. The molecule has 0 bridgehead atoms. The van der Waals surface area contributed by atoms with E-state index in [1.54, 1.807) is 14.2 Å². The SMILES string of the molecule is COc1ccc(-c2c(C)[nH]n3c(=O)c(Cc4ccccc4)c(C)nc23)cc1OC. The van der Waals surface area contributed by atoms with Gasteiger partial charge in [0.15, 0.2) is 17.1 Å². The maximum absolute atomic E-state index is 13.2. The van der Waals surface area contributed by atoms with Crippen molar-refractivity contribution in [3.63, 3.8) is 0 Å². The zero-order valence-electron chi connectivity index (χ0n) is 16.9. The lowest BCUT2D eigenvalue weighted by atomic mass is 10.0. The first-order chi connectivity index (χ1) is 14.0. The maximum atomic E-state index is 13.2. The van der Waals surface area contributed by atoms with E-state index in [2.05, 4.69) is 5.10 Å². The van der Waals surface area contributed by atoms with Gasteiger partial charge in [0, 0.05) is 28.9 Å². The third-order valence-electron chi connectivity index (χ3n) is 5.16. The van der Waals surface area contributed by atoms with Gasteiger partial charge in [-0.15, -0.1) is 0 Å². The summed E-state index contributed by atoms with van der Waals surface area (Å²) in [6.45, 7) is 3.83. The molecule has 0 spiro atoms. The Kier molecular flexibility index (Phi) is 4.84. The Labute approximate surface area is 168 Å². The highest BCUT2D eigenvalue weighted by atomic mass is 16.5. The Morgan fingerprint density at radius 3 is 2.41 bits per heavy atom. The van der Waals surface area contributed by atoms with Gasteiger partial charge in [0.2, 0.25) is 0 Å². The van der Waals surface area contributed by atoms with E-state index < -0.39 is 0 Å². The van der Waals surface area contributed by atoms with E-state index in [0.29, 0.717) is 29.1 Å². The highest BCUT2D eigenvalue weighted by Crippen LogP contribution is 2.35. The number of aromatic amines is 1. The van der Waals surface area contributed by atoms with Crippen molar-refractivity contribution in [1.29, 1.82) is 0 Å². The fourth-order valence-electron chi connectivity index (χ4n) is 3.67. The van der Waals surface area contributed by atoms with Gasteiger partial charge in [-0.2, -0.15) is 0 Å². The average molecular weight is 389 g/mol. The van der Waals surface area contributed by atoms with Crippen molar-refractivity contribution in [3.8, 4) is 22.6 Å². The molecule has 29 heavy (non-hydrogen) atoms. The number of hydrogen-bond acceptors (Lipinski definition) is 4. The second-order valence-corrected chi connectivity index (χ2v) is 6.98. The van der Waals surface area contributed by atoms with Crippen molar-refractivity contribution >= 4 is 5.65 Å². The van der Waals surface area contributed by atoms with Crippen LogP contribution in [0.4, 0.5) is 0 Å². The van der Waals surface area contributed by atoms with Crippen LogP contribution in [0.25, 0.3) is 16.8 Å². The van der Waals surface area contributed by atoms with Crippen LogP contribution in [-0.2, 0) is 6.42 Å². The Morgan fingerprint density at radius 2 is 1.72 bits per heavy atom. The molecule has 6 heteroatoms. The number of rotatable bonds is 5. The second-order valence-electron chi connectivity index (χ2n) is 6.98. The maximum Gasteiger partial charge on any atom is 0.276 e. The molecular formula is C23H23N3O3. The van der Waals surface area contributed by atoms with Gasteiger partial charge in [-0.1, -0.05) is 36.4 Å². The molecule has 0 aliphatic carbocycles. The number of nitrogens with one attached hydrogen (secondary N) is 1. The standard InChI is InChI=1S/C23H23N3O3/c1-14-18(12-16-8-6-5-7-9-16)23(27)26-22(24-14)21(15(2)25-26)17-10-11-19(28-3)20(13-17)29-4/h5-11,13,25H,12H2,1-4H3. The van der Waals surface area contributed by atoms with Crippen LogP contribution < -0.4 is 15.0 Å². The van der Waals surface area contributed by atoms with E-state index in [4.69, 9.17) is 14.5 Å². The molecule has 4 aromatic rings. The minimum atomic E-state index is -0.0776. The lowest BCUT2D eigenvalue weighted by Gasteiger charge is -2.10. The van der Waals surface area contributed by atoms with Crippen LogP contribution in [0.3, 0.4) is 0 Å². The van der Waals surface area contributed by atoms with Crippen LogP contribution in [-0.4, -0.2) is 28.8 Å². The van der Waals surface area contributed by atoms with Gasteiger partial charge >= 0.3 is 0 Å². The Balaban J connectivity index is 1.88. The van der Waals surface area contributed by atoms with Gasteiger partial charge in [0.05, 0.1) is 14.2 Å². The molecular weight excluding hydrogens is 366 g/mol.